The Morgan fingerprint density at radius 1 is 0.460 bits per heavy atom. The lowest BCUT2D eigenvalue weighted by molar-refractivity contribution is 0.661. The van der Waals surface area contributed by atoms with Crippen LogP contribution in [0.25, 0.3) is 73.5 Å². The number of para-hydroxylation sites is 3. The average Bonchev–Trinajstić information content (AvgIpc) is 3.80. The molecule has 0 fully saturated rings. The predicted octanol–water partition coefficient (Wildman–Crippen LogP) is 16.0. The van der Waals surface area contributed by atoms with Gasteiger partial charge in [0.2, 0.25) is 0 Å². The molecule has 0 bridgehead atoms. The van der Waals surface area contributed by atoms with Crippen LogP contribution in [-0.4, -0.2) is 9.55 Å². The lowest BCUT2D eigenvalue weighted by atomic mass is 9.81. The molecule has 0 saturated carbocycles. The van der Waals surface area contributed by atoms with Crippen LogP contribution in [0.2, 0.25) is 0 Å². The van der Waals surface area contributed by atoms with Crippen molar-refractivity contribution in [3.63, 3.8) is 0 Å². The van der Waals surface area contributed by atoms with Crippen molar-refractivity contribution in [2.24, 2.45) is 0 Å². The van der Waals surface area contributed by atoms with Crippen molar-refractivity contribution in [1.29, 1.82) is 0 Å². The van der Waals surface area contributed by atoms with Gasteiger partial charge >= 0.3 is 0 Å². The first-order valence-corrected chi connectivity index (χ1v) is 21.7. The molecule has 0 unspecified atom stereocenters. The molecule has 0 N–H and O–H groups in total. The standard InChI is InChI=1S/C60H45N3/c1-60(2)54-38-46(56-37-32-43(41-61-56)29-28-42-30-34-50(35-31-42)62(47-22-12-5-13-23-47)48-24-14-6-15-25-48)33-36-51(54)52-39-53-57(40-55(52)60)63(49-26-16-7-17-27-49)59(45-20-10-4-11-21-45)58(53)44-18-8-3-9-19-44/h3-41H,1-2H3. The van der Waals surface area contributed by atoms with Crippen molar-refractivity contribution in [2.45, 2.75) is 19.3 Å². The number of aromatic nitrogens is 2. The second-order valence-electron chi connectivity index (χ2n) is 16.8. The van der Waals surface area contributed by atoms with Gasteiger partial charge in [-0.05, 0) is 117 Å². The molecule has 11 rings (SSSR count). The van der Waals surface area contributed by atoms with E-state index in [4.69, 9.17) is 4.98 Å². The van der Waals surface area contributed by atoms with E-state index >= 15 is 0 Å². The maximum atomic E-state index is 4.99. The summed E-state index contributed by atoms with van der Waals surface area (Å²) >= 11 is 0. The van der Waals surface area contributed by atoms with Crippen molar-refractivity contribution >= 4 is 40.1 Å². The molecule has 63 heavy (non-hydrogen) atoms. The fourth-order valence-electron chi connectivity index (χ4n) is 9.49. The number of hydrogen-bond donors (Lipinski definition) is 0. The Morgan fingerprint density at radius 3 is 1.62 bits per heavy atom. The van der Waals surface area contributed by atoms with Crippen molar-refractivity contribution < 1.29 is 0 Å². The molecule has 0 spiro atoms. The molecule has 10 aromatic rings. The first kappa shape index (κ1) is 38.0. The third-order valence-electron chi connectivity index (χ3n) is 12.6. The zero-order chi connectivity index (χ0) is 42.3. The van der Waals surface area contributed by atoms with E-state index in [1.807, 2.05) is 6.20 Å². The third kappa shape index (κ3) is 6.85. The van der Waals surface area contributed by atoms with Crippen molar-refractivity contribution in [2.75, 3.05) is 4.90 Å². The predicted molar refractivity (Wildman–Crippen MR) is 265 cm³/mol. The highest BCUT2D eigenvalue weighted by molar-refractivity contribution is 6.08. The summed E-state index contributed by atoms with van der Waals surface area (Å²) in [7, 11) is 0. The fraction of sp³-hybridized carbons (Fsp3) is 0.0500. The van der Waals surface area contributed by atoms with E-state index in [1.165, 1.54) is 55.5 Å². The van der Waals surface area contributed by atoms with Crippen LogP contribution in [0.15, 0.2) is 225 Å². The number of pyridine rings is 1. The Balaban J connectivity index is 0.919. The lowest BCUT2D eigenvalue weighted by Crippen LogP contribution is -2.15. The van der Waals surface area contributed by atoms with Gasteiger partial charge in [0.15, 0.2) is 0 Å². The second kappa shape index (κ2) is 15.8. The van der Waals surface area contributed by atoms with Crippen LogP contribution < -0.4 is 4.90 Å². The highest BCUT2D eigenvalue weighted by atomic mass is 15.1. The van der Waals surface area contributed by atoms with Gasteiger partial charge < -0.3 is 9.47 Å². The summed E-state index contributed by atoms with van der Waals surface area (Å²) in [4.78, 5) is 7.27. The molecule has 1 aliphatic carbocycles. The molecule has 3 nitrogen and oxygen atoms in total. The summed E-state index contributed by atoms with van der Waals surface area (Å²) in [5.41, 5.74) is 19.9. The molecule has 3 heteroatoms. The maximum Gasteiger partial charge on any atom is 0.0702 e. The van der Waals surface area contributed by atoms with Crippen LogP contribution in [0, 0.1) is 0 Å². The van der Waals surface area contributed by atoms with Crippen molar-refractivity contribution in [3.8, 4) is 50.5 Å². The average molecular weight is 808 g/mol. The quantitative estimate of drug-likeness (QED) is 0.145. The summed E-state index contributed by atoms with van der Waals surface area (Å²) in [5, 5.41) is 1.25. The maximum absolute atomic E-state index is 4.99. The van der Waals surface area contributed by atoms with Crippen molar-refractivity contribution in [1.82, 2.24) is 9.55 Å². The fourth-order valence-corrected chi connectivity index (χ4v) is 9.49. The smallest absolute Gasteiger partial charge is 0.0702 e. The zero-order valence-electron chi connectivity index (χ0n) is 35.4. The number of rotatable bonds is 9. The first-order chi connectivity index (χ1) is 31.0. The summed E-state index contributed by atoms with van der Waals surface area (Å²) in [5.74, 6) is 0. The Morgan fingerprint density at radius 2 is 1.00 bits per heavy atom. The van der Waals surface area contributed by atoms with Crippen LogP contribution in [0.5, 0.6) is 0 Å². The minimum Gasteiger partial charge on any atom is -0.311 e. The van der Waals surface area contributed by atoms with Gasteiger partial charge in [-0.2, -0.15) is 0 Å². The Bertz CT molecular complexity index is 3200. The van der Waals surface area contributed by atoms with E-state index in [0.717, 1.165) is 45.1 Å². The Kier molecular flexibility index (Phi) is 9.51. The Labute approximate surface area is 369 Å². The SMILES string of the molecule is CC1(C)c2cc(-c3ccc(C=Cc4ccc(N(c5ccccc5)c5ccccc5)cc4)cn3)ccc2-c2cc3c(-c4ccccc4)c(-c4ccccc4)n(-c4ccccc4)c3cc21. The molecule has 2 aromatic heterocycles. The molecule has 0 saturated heterocycles. The molecular weight excluding hydrogens is 763 g/mol. The molecule has 0 atom stereocenters. The minimum atomic E-state index is -0.224. The molecule has 0 amide bonds. The van der Waals surface area contributed by atoms with Gasteiger partial charge in [-0.3, -0.25) is 4.98 Å². The highest BCUT2D eigenvalue weighted by Gasteiger charge is 2.37. The number of fused-ring (bicyclic) bond motifs is 4. The van der Waals surface area contributed by atoms with Gasteiger partial charge in [0.25, 0.3) is 0 Å². The zero-order valence-corrected chi connectivity index (χ0v) is 35.4. The third-order valence-corrected chi connectivity index (χ3v) is 12.6. The van der Waals surface area contributed by atoms with E-state index < -0.39 is 0 Å². The highest BCUT2D eigenvalue weighted by Crippen LogP contribution is 2.53. The number of anilines is 3. The van der Waals surface area contributed by atoms with Crippen LogP contribution in [0.4, 0.5) is 17.1 Å². The van der Waals surface area contributed by atoms with Gasteiger partial charge in [0.05, 0.1) is 16.9 Å². The van der Waals surface area contributed by atoms with Crippen LogP contribution in [-0.2, 0) is 5.41 Å². The summed E-state index contributed by atoms with van der Waals surface area (Å²) < 4.78 is 2.47. The minimum absolute atomic E-state index is 0.224. The van der Waals surface area contributed by atoms with Crippen LogP contribution in [0.1, 0.15) is 36.1 Å². The molecular formula is C60H45N3. The Hall–Kier alpha value is -8.01. The molecule has 1 aliphatic rings. The van der Waals surface area contributed by atoms with Crippen molar-refractivity contribution in [3.05, 3.63) is 247 Å². The van der Waals surface area contributed by atoms with Crippen LogP contribution in [0.3, 0.4) is 0 Å². The molecule has 0 radical (unpaired) electrons. The van der Waals surface area contributed by atoms with E-state index in [2.05, 4.69) is 254 Å². The molecule has 0 aliphatic heterocycles. The molecule has 300 valence electrons. The number of benzene rings is 8. The number of nitrogens with zero attached hydrogens (tertiary/aromatic N) is 3. The van der Waals surface area contributed by atoms with E-state index in [9.17, 15) is 0 Å². The van der Waals surface area contributed by atoms with E-state index in [-0.39, 0.29) is 5.41 Å². The lowest BCUT2D eigenvalue weighted by Gasteiger charge is -2.25. The number of hydrogen-bond acceptors (Lipinski definition) is 2. The van der Waals surface area contributed by atoms with E-state index in [0.29, 0.717) is 0 Å². The summed E-state index contributed by atoms with van der Waals surface area (Å²) in [6.45, 7) is 4.74. The van der Waals surface area contributed by atoms with Gasteiger partial charge in [0, 0.05) is 50.9 Å². The van der Waals surface area contributed by atoms with Gasteiger partial charge in [-0.15, -0.1) is 0 Å². The van der Waals surface area contributed by atoms with E-state index in [1.54, 1.807) is 0 Å². The van der Waals surface area contributed by atoms with Crippen LogP contribution >= 0.6 is 0 Å². The largest absolute Gasteiger partial charge is 0.311 e. The van der Waals surface area contributed by atoms with Gasteiger partial charge in [-0.25, -0.2) is 0 Å². The van der Waals surface area contributed by atoms with Gasteiger partial charge in [0.1, 0.15) is 0 Å². The summed E-state index contributed by atoms with van der Waals surface area (Å²) in [6.07, 6.45) is 6.27. The van der Waals surface area contributed by atoms with Gasteiger partial charge in [-0.1, -0.05) is 172 Å². The monoisotopic (exact) mass is 807 g/mol. The summed E-state index contributed by atoms with van der Waals surface area (Å²) in [6, 6.07) is 78.4. The topological polar surface area (TPSA) is 21.1 Å². The first-order valence-electron chi connectivity index (χ1n) is 21.7. The molecule has 2 heterocycles. The normalized spacial score (nSPS) is 12.7. The second-order valence-corrected chi connectivity index (χ2v) is 16.8. The molecule has 8 aromatic carbocycles.